The first-order valence-electron chi connectivity index (χ1n) is 3.02. The van der Waals surface area contributed by atoms with Gasteiger partial charge < -0.3 is 4.74 Å². The monoisotopic (exact) mass is 180 g/mol. The van der Waals surface area contributed by atoms with Crippen molar-refractivity contribution in [2.75, 3.05) is 5.52 Å². The number of ether oxygens (including phenoxy) is 1. The lowest BCUT2D eigenvalue weighted by Gasteiger charge is -2.09. The van der Waals surface area contributed by atoms with Crippen LogP contribution in [0.4, 0.5) is 0 Å². The van der Waals surface area contributed by atoms with Crippen LogP contribution in [0.15, 0.2) is 0 Å². The average molecular weight is 181 g/mol. The van der Waals surface area contributed by atoms with Crippen molar-refractivity contribution in [3.05, 3.63) is 0 Å². The summed E-state index contributed by atoms with van der Waals surface area (Å²) in [6.07, 6.45) is 2.68. The van der Waals surface area contributed by atoms with Gasteiger partial charge in [0.1, 0.15) is 5.52 Å². The molecule has 0 spiro atoms. The van der Waals surface area contributed by atoms with E-state index in [-0.39, 0.29) is 0 Å². The van der Waals surface area contributed by atoms with Crippen molar-refractivity contribution in [2.24, 2.45) is 0 Å². The third-order valence-corrected chi connectivity index (χ3v) is 1.47. The molecule has 0 amide bonds. The Hall–Kier alpha value is 0.440. The van der Waals surface area contributed by atoms with Crippen LogP contribution in [0.2, 0.25) is 0 Å². The molecule has 0 aromatic rings. The van der Waals surface area contributed by atoms with Gasteiger partial charge in [-0.1, -0.05) is 29.8 Å². The highest BCUT2D eigenvalue weighted by Crippen LogP contribution is 2.02. The molecule has 0 N–H and O–H groups in total. The van der Waals surface area contributed by atoms with Gasteiger partial charge in [0.25, 0.3) is 0 Å². The second kappa shape index (κ2) is 5.57. The largest absolute Gasteiger partial charge is 0.367 e. The standard InChI is InChI=1S/C6H13BrO/c1-3-6(4-2)8-5-7/h6H,3-5H2,1-2H3. The molecule has 0 radical (unpaired) electrons. The van der Waals surface area contributed by atoms with E-state index in [4.69, 9.17) is 4.74 Å². The molecule has 0 bridgehead atoms. The lowest BCUT2D eigenvalue weighted by molar-refractivity contribution is 0.0869. The van der Waals surface area contributed by atoms with Gasteiger partial charge in [0.15, 0.2) is 0 Å². The van der Waals surface area contributed by atoms with Crippen molar-refractivity contribution < 1.29 is 4.74 Å². The van der Waals surface area contributed by atoms with E-state index in [0.29, 0.717) is 11.6 Å². The van der Waals surface area contributed by atoms with Crippen molar-refractivity contribution in [1.82, 2.24) is 0 Å². The Bertz CT molecular complexity index is 43.8. The lowest BCUT2D eigenvalue weighted by Crippen LogP contribution is -2.07. The van der Waals surface area contributed by atoms with Crippen LogP contribution in [0.1, 0.15) is 26.7 Å². The van der Waals surface area contributed by atoms with E-state index in [0.717, 1.165) is 12.8 Å². The van der Waals surface area contributed by atoms with E-state index in [1.54, 1.807) is 0 Å². The minimum atomic E-state index is 0.453. The van der Waals surface area contributed by atoms with Crippen LogP contribution in [-0.2, 0) is 4.74 Å². The number of hydrogen-bond acceptors (Lipinski definition) is 1. The van der Waals surface area contributed by atoms with Crippen LogP contribution in [0.3, 0.4) is 0 Å². The summed E-state index contributed by atoms with van der Waals surface area (Å²) in [6.45, 7) is 4.27. The Morgan fingerprint density at radius 3 is 2.00 bits per heavy atom. The molecule has 0 rings (SSSR count). The van der Waals surface area contributed by atoms with Crippen molar-refractivity contribution in [3.63, 3.8) is 0 Å². The highest BCUT2D eigenvalue weighted by Gasteiger charge is 1.99. The Balaban J connectivity index is 3.07. The van der Waals surface area contributed by atoms with E-state index >= 15 is 0 Å². The molecule has 0 aromatic carbocycles. The Morgan fingerprint density at radius 2 is 1.88 bits per heavy atom. The maximum Gasteiger partial charge on any atom is 0.102 e. The van der Waals surface area contributed by atoms with E-state index in [9.17, 15) is 0 Å². The van der Waals surface area contributed by atoms with E-state index in [1.807, 2.05) is 0 Å². The van der Waals surface area contributed by atoms with E-state index in [2.05, 4.69) is 29.8 Å². The Kier molecular flexibility index (Phi) is 5.88. The zero-order valence-electron chi connectivity index (χ0n) is 5.48. The predicted octanol–water partition coefficient (Wildman–Crippen LogP) is 2.54. The fourth-order valence-electron chi connectivity index (χ4n) is 0.613. The summed E-state index contributed by atoms with van der Waals surface area (Å²) >= 11 is 3.21. The fourth-order valence-corrected chi connectivity index (χ4v) is 0.987. The quantitative estimate of drug-likeness (QED) is 0.605. The summed E-state index contributed by atoms with van der Waals surface area (Å²) < 4.78 is 5.26. The molecule has 0 unspecified atom stereocenters. The van der Waals surface area contributed by atoms with E-state index in [1.165, 1.54) is 0 Å². The van der Waals surface area contributed by atoms with Gasteiger partial charge in [-0.2, -0.15) is 0 Å². The van der Waals surface area contributed by atoms with Crippen LogP contribution < -0.4 is 0 Å². The average Bonchev–Trinajstić information content (AvgIpc) is 1.83. The van der Waals surface area contributed by atoms with Crippen LogP contribution in [-0.4, -0.2) is 11.6 Å². The summed E-state index contributed by atoms with van der Waals surface area (Å²) in [5.74, 6) is 0. The van der Waals surface area contributed by atoms with Crippen molar-refractivity contribution in [3.8, 4) is 0 Å². The summed E-state index contributed by atoms with van der Waals surface area (Å²) in [5, 5.41) is 0. The summed E-state index contributed by atoms with van der Waals surface area (Å²) in [7, 11) is 0. The lowest BCUT2D eigenvalue weighted by atomic mass is 10.2. The molecule has 0 aromatic heterocycles. The molecule has 2 heteroatoms. The fraction of sp³-hybridized carbons (Fsp3) is 1.00. The first kappa shape index (κ1) is 8.44. The molecule has 0 saturated heterocycles. The van der Waals surface area contributed by atoms with Crippen molar-refractivity contribution in [2.45, 2.75) is 32.8 Å². The second-order valence-electron chi connectivity index (χ2n) is 1.71. The molecule has 0 aliphatic rings. The molecular formula is C6H13BrO. The molecule has 8 heavy (non-hydrogen) atoms. The van der Waals surface area contributed by atoms with Crippen molar-refractivity contribution >= 4 is 15.9 Å². The first-order chi connectivity index (χ1) is 3.85. The number of rotatable bonds is 4. The zero-order chi connectivity index (χ0) is 6.41. The zero-order valence-corrected chi connectivity index (χ0v) is 7.07. The van der Waals surface area contributed by atoms with Crippen molar-refractivity contribution in [1.29, 1.82) is 0 Å². The molecule has 0 atom stereocenters. The van der Waals surface area contributed by atoms with Crippen LogP contribution in [0, 0.1) is 0 Å². The van der Waals surface area contributed by atoms with Crippen LogP contribution >= 0.6 is 15.9 Å². The van der Waals surface area contributed by atoms with Gasteiger partial charge in [0, 0.05) is 0 Å². The van der Waals surface area contributed by atoms with E-state index < -0.39 is 0 Å². The third-order valence-electron chi connectivity index (χ3n) is 1.21. The number of hydrogen-bond donors (Lipinski definition) is 0. The molecule has 0 aliphatic heterocycles. The maximum atomic E-state index is 5.26. The smallest absolute Gasteiger partial charge is 0.102 e. The second-order valence-corrected chi connectivity index (χ2v) is 2.17. The Morgan fingerprint density at radius 1 is 1.38 bits per heavy atom. The molecule has 0 saturated carbocycles. The van der Waals surface area contributed by atoms with Gasteiger partial charge >= 0.3 is 0 Å². The molecular weight excluding hydrogens is 168 g/mol. The summed E-state index contributed by atoms with van der Waals surface area (Å²) in [6, 6.07) is 0. The first-order valence-corrected chi connectivity index (χ1v) is 4.14. The minimum absolute atomic E-state index is 0.453. The number of halogens is 1. The molecule has 0 fully saturated rings. The summed E-state index contributed by atoms with van der Waals surface area (Å²) in [4.78, 5) is 0. The van der Waals surface area contributed by atoms with Crippen LogP contribution in [0.5, 0.6) is 0 Å². The minimum Gasteiger partial charge on any atom is -0.367 e. The van der Waals surface area contributed by atoms with Gasteiger partial charge in [0.05, 0.1) is 6.10 Å². The third kappa shape index (κ3) is 3.44. The SMILES string of the molecule is CCC(CC)OCBr. The predicted molar refractivity (Wildman–Crippen MR) is 39.2 cm³/mol. The molecule has 50 valence electrons. The summed E-state index contributed by atoms with van der Waals surface area (Å²) in [5.41, 5.74) is 0.666. The number of alkyl halides is 1. The highest BCUT2D eigenvalue weighted by atomic mass is 79.9. The van der Waals surface area contributed by atoms with Gasteiger partial charge in [-0.15, -0.1) is 0 Å². The molecule has 1 nitrogen and oxygen atoms in total. The van der Waals surface area contributed by atoms with Gasteiger partial charge in [-0.3, -0.25) is 0 Å². The van der Waals surface area contributed by atoms with Crippen LogP contribution in [0.25, 0.3) is 0 Å². The topological polar surface area (TPSA) is 9.23 Å². The van der Waals surface area contributed by atoms with Gasteiger partial charge in [0.2, 0.25) is 0 Å². The highest BCUT2D eigenvalue weighted by molar-refractivity contribution is 9.09. The van der Waals surface area contributed by atoms with Gasteiger partial charge in [-0.05, 0) is 12.8 Å². The molecule has 0 heterocycles. The van der Waals surface area contributed by atoms with Gasteiger partial charge in [-0.25, -0.2) is 0 Å². The Labute approximate surface area is 59.5 Å². The molecule has 0 aliphatic carbocycles. The maximum absolute atomic E-state index is 5.26. The normalized spacial score (nSPS) is 10.5.